The topological polar surface area (TPSA) is 84.1 Å². The maximum Gasteiger partial charge on any atom is 0.262 e. The highest BCUT2D eigenvalue weighted by molar-refractivity contribution is 7.78. The first-order valence-corrected chi connectivity index (χ1v) is 10.9. The summed E-state index contributed by atoms with van der Waals surface area (Å²) in [6.45, 7) is 11.9. The fourth-order valence-corrected chi connectivity index (χ4v) is 2.73. The number of anilines is 1. The lowest BCUT2D eigenvalue weighted by Crippen LogP contribution is -2.27. The van der Waals surface area contributed by atoms with Crippen molar-refractivity contribution in [2.45, 2.75) is 41.0 Å². The monoisotopic (exact) mass is 465 g/mol. The first-order chi connectivity index (χ1) is 15.4. The van der Waals surface area contributed by atoms with Gasteiger partial charge in [-0.15, -0.1) is 0 Å². The number of aromatic nitrogens is 2. The Bertz CT molecular complexity index is 868. The second kappa shape index (κ2) is 15.9. The van der Waals surface area contributed by atoms with Crippen LogP contribution < -0.4 is 11.1 Å². The molecule has 176 valence electrons. The zero-order chi connectivity index (χ0) is 24.7. The first kappa shape index (κ1) is 29.2. The van der Waals surface area contributed by atoms with Crippen LogP contribution in [0.2, 0.25) is 0 Å². The van der Waals surface area contributed by atoms with Gasteiger partial charge >= 0.3 is 0 Å². The number of nitrogens with zero attached hydrogens (tertiary/aromatic N) is 3. The highest BCUT2D eigenvalue weighted by Crippen LogP contribution is 2.24. The van der Waals surface area contributed by atoms with Gasteiger partial charge in [-0.1, -0.05) is 51.6 Å². The lowest BCUT2D eigenvalue weighted by atomic mass is 9.99. The third-order valence-electron chi connectivity index (χ3n) is 4.20. The summed E-state index contributed by atoms with van der Waals surface area (Å²) in [4.78, 5) is 22.7. The minimum absolute atomic E-state index is 0.138. The maximum atomic E-state index is 13.6. The average molecular weight is 466 g/mol. The third kappa shape index (κ3) is 8.76. The van der Waals surface area contributed by atoms with Gasteiger partial charge in [-0.3, -0.25) is 9.78 Å². The van der Waals surface area contributed by atoms with Crippen molar-refractivity contribution in [2.75, 3.05) is 25.5 Å². The van der Waals surface area contributed by atoms with E-state index in [1.807, 2.05) is 34.7 Å². The lowest BCUT2D eigenvalue weighted by Gasteiger charge is -2.25. The first-order valence-electron chi connectivity index (χ1n) is 10.5. The number of likely N-dealkylation sites (N-methyl/N-ethyl adjacent to an activating group) is 1. The van der Waals surface area contributed by atoms with Gasteiger partial charge in [0.15, 0.2) is 5.82 Å². The van der Waals surface area contributed by atoms with Crippen molar-refractivity contribution < 1.29 is 13.6 Å². The quantitative estimate of drug-likeness (QED) is 0.616. The lowest BCUT2D eigenvalue weighted by molar-refractivity contribution is 0.101. The van der Waals surface area contributed by atoms with Crippen molar-refractivity contribution in [1.29, 1.82) is 0 Å². The van der Waals surface area contributed by atoms with Crippen molar-refractivity contribution in [3.05, 3.63) is 59.1 Å². The Morgan fingerprint density at radius 3 is 2.22 bits per heavy atom. The van der Waals surface area contributed by atoms with Crippen LogP contribution in [0, 0.1) is 11.6 Å². The van der Waals surface area contributed by atoms with Crippen LogP contribution >= 0.6 is 12.2 Å². The second-order valence-corrected chi connectivity index (χ2v) is 6.49. The summed E-state index contributed by atoms with van der Waals surface area (Å²) in [6.07, 6.45) is 3.92. The number of nitrogens with one attached hydrogen (secondary N) is 1. The number of carbonyl (C=O) groups excluding carboxylic acids is 1. The fraction of sp³-hybridized carbons (Fsp3) is 0.391. The van der Waals surface area contributed by atoms with E-state index >= 15 is 0 Å². The molecule has 1 amide bonds. The number of amides is 1. The number of nitrogens with two attached hydrogens (primary N) is 1. The van der Waals surface area contributed by atoms with E-state index in [1.54, 1.807) is 6.20 Å². The van der Waals surface area contributed by atoms with E-state index in [-0.39, 0.29) is 5.82 Å². The summed E-state index contributed by atoms with van der Waals surface area (Å²) in [5.41, 5.74) is 8.09. The summed E-state index contributed by atoms with van der Waals surface area (Å²) in [6, 6.07) is 3.26. The number of benzene rings is 1. The Morgan fingerprint density at radius 1 is 1.16 bits per heavy atom. The van der Waals surface area contributed by atoms with Crippen LogP contribution in [-0.2, 0) is 0 Å². The van der Waals surface area contributed by atoms with Gasteiger partial charge in [0.25, 0.3) is 5.91 Å². The van der Waals surface area contributed by atoms with Gasteiger partial charge in [0, 0.05) is 13.1 Å². The minimum atomic E-state index is -0.923. The molecule has 0 unspecified atom stereocenters. The second-order valence-electron chi connectivity index (χ2n) is 6.22. The molecule has 6 nitrogen and oxygen atoms in total. The van der Waals surface area contributed by atoms with Crippen molar-refractivity contribution in [3.8, 4) is 0 Å². The summed E-state index contributed by atoms with van der Waals surface area (Å²) >= 11 is 4.05. The SMILES string of the molecule is CC.CC.CC1=C(c2cnc(NC(=O)c3c(F)cccc3F)cn2)CN(C)CC1.NC=S. The Labute approximate surface area is 194 Å². The van der Waals surface area contributed by atoms with E-state index in [0.717, 1.165) is 48.4 Å². The number of hydrogen-bond donors (Lipinski definition) is 2. The molecule has 2 aromatic rings. The van der Waals surface area contributed by atoms with Crippen LogP contribution in [-0.4, -0.2) is 46.4 Å². The number of thiocarbonyl (C=S) groups is 1. The van der Waals surface area contributed by atoms with Gasteiger partial charge < -0.3 is 16.0 Å². The average Bonchev–Trinajstić information content (AvgIpc) is 2.79. The molecule has 32 heavy (non-hydrogen) atoms. The van der Waals surface area contributed by atoms with Crippen LogP contribution in [0.4, 0.5) is 14.6 Å². The van der Waals surface area contributed by atoms with E-state index < -0.39 is 23.1 Å². The predicted octanol–water partition coefficient (Wildman–Crippen LogP) is 5.07. The molecule has 3 N–H and O–H groups in total. The van der Waals surface area contributed by atoms with Crippen LogP contribution in [0.25, 0.3) is 5.57 Å². The Morgan fingerprint density at radius 2 is 1.72 bits per heavy atom. The van der Waals surface area contributed by atoms with Gasteiger partial charge in [-0.05, 0) is 38.1 Å². The standard InChI is InChI=1S/C18H18F2N4O.2C2H6.CH3NS/c1-11-6-7-24(2)10-12(11)15-8-22-16(9-21-15)23-18(25)17-13(19)4-3-5-14(17)20;2*1-2;2-1-3/h3-5,8-9H,6-7,10H2,1-2H3,(H,22,23,25);2*1-2H3;1H,(H2,2,3). The zero-order valence-corrected chi connectivity index (χ0v) is 20.4. The largest absolute Gasteiger partial charge is 0.396 e. The van der Waals surface area contributed by atoms with E-state index in [0.29, 0.717) is 0 Å². The number of carbonyl (C=O) groups is 1. The Balaban J connectivity index is 0.00000124. The van der Waals surface area contributed by atoms with Gasteiger partial charge in [0.1, 0.15) is 17.2 Å². The zero-order valence-electron chi connectivity index (χ0n) is 19.6. The molecule has 0 fully saturated rings. The molecular formula is C23H33F2N5OS. The Hall–Kier alpha value is -2.78. The minimum Gasteiger partial charge on any atom is -0.396 e. The van der Waals surface area contributed by atoms with E-state index in [9.17, 15) is 13.6 Å². The fourth-order valence-electron chi connectivity index (χ4n) is 2.73. The van der Waals surface area contributed by atoms with Crippen LogP contribution in [0.5, 0.6) is 0 Å². The maximum absolute atomic E-state index is 13.6. The molecule has 0 spiro atoms. The van der Waals surface area contributed by atoms with Gasteiger partial charge in [-0.2, -0.15) is 0 Å². The van der Waals surface area contributed by atoms with Crippen molar-refractivity contribution in [2.24, 2.45) is 5.73 Å². The van der Waals surface area contributed by atoms with E-state index in [2.05, 4.69) is 45.1 Å². The van der Waals surface area contributed by atoms with E-state index in [1.165, 1.54) is 17.8 Å². The number of rotatable bonds is 3. The highest BCUT2D eigenvalue weighted by Gasteiger charge is 2.19. The summed E-state index contributed by atoms with van der Waals surface area (Å²) in [5.74, 6) is -2.61. The molecule has 9 heteroatoms. The summed E-state index contributed by atoms with van der Waals surface area (Å²) in [5, 5.41) is 2.37. The molecule has 1 aliphatic rings. The normalized spacial score (nSPS) is 12.8. The van der Waals surface area contributed by atoms with Crippen LogP contribution in [0.15, 0.2) is 36.2 Å². The van der Waals surface area contributed by atoms with Crippen molar-refractivity contribution in [1.82, 2.24) is 14.9 Å². The molecule has 0 saturated carbocycles. The molecule has 0 atom stereocenters. The van der Waals surface area contributed by atoms with Gasteiger partial charge in [-0.25, -0.2) is 13.8 Å². The predicted molar refractivity (Wildman–Crippen MR) is 132 cm³/mol. The number of hydrogen-bond acceptors (Lipinski definition) is 5. The smallest absolute Gasteiger partial charge is 0.262 e. The van der Waals surface area contributed by atoms with Crippen LogP contribution in [0.3, 0.4) is 0 Å². The molecular weight excluding hydrogens is 432 g/mol. The third-order valence-corrected chi connectivity index (χ3v) is 4.20. The number of halogens is 2. The van der Waals surface area contributed by atoms with Crippen molar-refractivity contribution in [3.63, 3.8) is 0 Å². The molecule has 0 radical (unpaired) electrons. The Kier molecular flexibility index (Phi) is 14.6. The molecule has 0 bridgehead atoms. The molecule has 3 rings (SSSR count). The molecule has 1 aliphatic heterocycles. The van der Waals surface area contributed by atoms with Crippen LogP contribution in [0.1, 0.15) is 57.1 Å². The molecule has 0 aliphatic carbocycles. The van der Waals surface area contributed by atoms with E-state index in [4.69, 9.17) is 0 Å². The van der Waals surface area contributed by atoms with Gasteiger partial charge in [0.2, 0.25) is 0 Å². The van der Waals surface area contributed by atoms with Crippen molar-refractivity contribution >= 4 is 35.0 Å². The molecule has 1 aromatic heterocycles. The molecule has 0 saturated heterocycles. The highest BCUT2D eigenvalue weighted by atomic mass is 32.1. The van der Waals surface area contributed by atoms with Gasteiger partial charge in [0.05, 0.1) is 23.6 Å². The molecule has 2 heterocycles. The molecule has 1 aromatic carbocycles. The summed E-state index contributed by atoms with van der Waals surface area (Å²) in [7, 11) is 2.04. The summed E-state index contributed by atoms with van der Waals surface area (Å²) < 4.78 is 27.3.